The maximum absolute atomic E-state index is 11.9. The van der Waals surface area contributed by atoms with E-state index in [9.17, 15) is 4.79 Å². The van der Waals surface area contributed by atoms with Crippen molar-refractivity contribution >= 4 is 22.9 Å². The van der Waals surface area contributed by atoms with E-state index in [0.29, 0.717) is 6.42 Å². The molecule has 0 unspecified atom stereocenters. The predicted molar refractivity (Wildman–Crippen MR) is 94.8 cm³/mol. The van der Waals surface area contributed by atoms with Crippen molar-refractivity contribution in [2.45, 2.75) is 45.7 Å². The molecule has 1 saturated heterocycles. The summed E-state index contributed by atoms with van der Waals surface area (Å²) in [7, 11) is 0. The minimum atomic E-state index is 0.222. The standard InChI is InChI=1S/C18H23N3OS/c1-3-17-20-15(12-23-17)11-19-13(2)14-6-4-7-16(10-14)21-9-5-8-18(21)22/h4,6-7,10,12-13,19H,3,5,8-9,11H2,1-2H3/t13-/m1/s1. The highest BCUT2D eigenvalue weighted by atomic mass is 32.1. The molecule has 3 rings (SSSR count). The second kappa shape index (κ2) is 7.23. The van der Waals surface area contributed by atoms with Crippen molar-refractivity contribution in [3.8, 4) is 0 Å². The monoisotopic (exact) mass is 329 g/mol. The van der Waals surface area contributed by atoms with E-state index in [4.69, 9.17) is 0 Å². The second-order valence-corrected chi connectivity index (χ2v) is 6.88. The molecule has 2 heterocycles. The van der Waals surface area contributed by atoms with Crippen LogP contribution in [0.1, 0.15) is 49.0 Å². The number of carbonyl (C=O) groups is 1. The highest BCUT2D eigenvalue weighted by Gasteiger charge is 2.22. The summed E-state index contributed by atoms with van der Waals surface area (Å²) in [4.78, 5) is 18.4. The van der Waals surface area contributed by atoms with E-state index in [1.807, 2.05) is 17.0 Å². The first kappa shape index (κ1) is 16.1. The fourth-order valence-corrected chi connectivity index (χ4v) is 3.60. The SMILES string of the molecule is CCc1nc(CN[C@H](C)c2cccc(N3CCCC3=O)c2)cs1. The van der Waals surface area contributed by atoms with Gasteiger partial charge in [-0.1, -0.05) is 19.1 Å². The number of aryl methyl sites for hydroxylation is 1. The van der Waals surface area contributed by atoms with Crippen LogP contribution in [0.4, 0.5) is 5.69 Å². The first-order valence-corrected chi connectivity index (χ1v) is 9.12. The number of amides is 1. The molecule has 0 radical (unpaired) electrons. The molecule has 122 valence electrons. The molecule has 2 aromatic rings. The molecule has 1 aliphatic heterocycles. The lowest BCUT2D eigenvalue weighted by Gasteiger charge is -2.19. The van der Waals surface area contributed by atoms with Crippen molar-refractivity contribution in [3.63, 3.8) is 0 Å². The summed E-state index contributed by atoms with van der Waals surface area (Å²) in [6.07, 6.45) is 2.62. The van der Waals surface area contributed by atoms with E-state index in [-0.39, 0.29) is 11.9 Å². The van der Waals surface area contributed by atoms with E-state index in [1.165, 1.54) is 10.6 Å². The van der Waals surface area contributed by atoms with Gasteiger partial charge in [0.25, 0.3) is 0 Å². The van der Waals surface area contributed by atoms with E-state index in [2.05, 4.69) is 41.7 Å². The molecular formula is C18H23N3OS. The maximum atomic E-state index is 11.9. The van der Waals surface area contributed by atoms with E-state index in [0.717, 1.165) is 37.3 Å². The van der Waals surface area contributed by atoms with Gasteiger partial charge in [0.05, 0.1) is 10.7 Å². The van der Waals surface area contributed by atoms with E-state index >= 15 is 0 Å². The highest BCUT2D eigenvalue weighted by Crippen LogP contribution is 2.25. The van der Waals surface area contributed by atoms with Gasteiger partial charge in [-0.05, 0) is 37.5 Å². The van der Waals surface area contributed by atoms with Crippen LogP contribution in [0.3, 0.4) is 0 Å². The summed E-state index contributed by atoms with van der Waals surface area (Å²) in [5, 5.41) is 6.83. The molecule has 0 aliphatic carbocycles. The number of carbonyl (C=O) groups excluding carboxylic acids is 1. The zero-order valence-electron chi connectivity index (χ0n) is 13.7. The molecule has 1 fully saturated rings. The average molecular weight is 329 g/mol. The lowest BCUT2D eigenvalue weighted by atomic mass is 10.1. The summed E-state index contributed by atoms with van der Waals surface area (Å²) >= 11 is 1.72. The van der Waals surface area contributed by atoms with E-state index in [1.54, 1.807) is 11.3 Å². The van der Waals surface area contributed by atoms with E-state index < -0.39 is 0 Å². The number of nitrogens with zero attached hydrogens (tertiary/aromatic N) is 2. The number of rotatable bonds is 6. The fourth-order valence-electron chi connectivity index (χ4n) is 2.85. The molecule has 1 atom stereocenters. The second-order valence-electron chi connectivity index (χ2n) is 5.93. The smallest absolute Gasteiger partial charge is 0.227 e. The summed E-state index contributed by atoms with van der Waals surface area (Å²) < 4.78 is 0. The Balaban J connectivity index is 1.65. The molecule has 0 bridgehead atoms. The Labute approximate surface area is 141 Å². The van der Waals surface area contributed by atoms with Crippen LogP contribution in [0.25, 0.3) is 0 Å². The van der Waals surface area contributed by atoms with Crippen LogP contribution in [0, 0.1) is 0 Å². The Bertz CT molecular complexity index is 682. The van der Waals surface area contributed by atoms with Gasteiger partial charge in [0, 0.05) is 36.6 Å². The lowest BCUT2D eigenvalue weighted by Crippen LogP contribution is -2.24. The molecule has 1 aromatic carbocycles. The van der Waals surface area contributed by atoms with Crippen LogP contribution in [0.15, 0.2) is 29.6 Å². The average Bonchev–Trinajstić information content (AvgIpc) is 3.21. The van der Waals surface area contributed by atoms with Crippen LogP contribution in [-0.4, -0.2) is 17.4 Å². The Morgan fingerprint density at radius 2 is 2.30 bits per heavy atom. The highest BCUT2D eigenvalue weighted by molar-refractivity contribution is 7.09. The normalized spacial score (nSPS) is 16.1. The zero-order valence-corrected chi connectivity index (χ0v) is 14.5. The number of nitrogens with one attached hydrogen (secondary N) is 1. The number of hydrogen-bond donors (Lipinski definition) is 1. The topological polar surface area (TPSA) is 45.2 Å². The van der Waals surface area contributed by atoms with Crippen molar-refractivity contribution < 1.29 is 4.79 Å². The molecule has 1 amide bonds. The molecular weight excluding hydrogens is 306 g/mol. The Morgan fingerprint density at radius 1 is 1.43 bits per heavy atom. The summed E-state index contributed by atoms with van der Waals surface area (Å²) in [6, 6.07) is 8.51. The van der Waals surface area contributed by atoms with Crippen LogP contribution in [0.2, 0.25) is 0 Å². The molecule has 0 saturated carbocycles. The number of thiazole rings is 1. The first-order valence-electron chi connectivity index (χ1n) is 8.24. The van der Waals surface area contributed by atoms with Gasteiger partial charge in [-0.25, -0.2) is 4.98 Å². The summed E-state index contributed by atoms with van der Waals surface area (Å²) in [5.74, 6) is 0.234. The van der Waals surface area contributed by atoms with Gasteiger partial charge in [0.15, 0.2) is 0 Å². The number of hydrogen-bond acceptors (Lipinski definition) is 4. The van der Waals surface area contributed by atoms with Crippen LogP contribution in [-0.2, 0) is 17.8 Å². The lowest BCUT2D eigenvalue weighted by molar-refractivity contribution is -0.117. The Hall–Kier alpha value is -1.72. The molecule has 23 heavy (non-hydrogen) atoms. The minimum Gasteiger partial charge on any atom is -0.312 e. The van der Waals surface area contributed by atoms with Crippen molar-refractivity contribution in [3.05, 3.63) is 45.9 Å². The molecule has 0 spiro atoms. The van der Waals surface area contributed by atoms with Gasteiger partial charge in [0.2, 0.25) is 5.91 Å². The third kappa shape index (κ3) is 3.79. The van der Waals surface area contributed by atoms with Gasteiger partial charge in [-0.3, -0.25) is 4.79 Å². The largest absolute Gasteiger partial charge is 0.312 e. The third-order valence-corrected chi connectivity index (χ3v) is 5.29. The molecule has 5 heteroatoms. The molecule has 1 aromatic heterocycles. The van der Waals surface area contributed by atoms with Gasteiger partial charge in [0.1, 0.15) is 0 Å². The number of aromatic nitrogens is 1. The summed E-state index contributed by atoms with van der Waals surface area (Å²) in [6.45, 7) is 5.88. The quantitative estimate of drug-likeness (QED) is 0.879. The van der Waals surface area contributed by atoms with Crippen molar-refractivity contribution in [1.82, 2.24) is 10.3 Å². The van der Waals surface area contributed by atoms with Crippen molar-refractivity contribution in [2.75, 3.05) is 11.4 Å². The fraction of sp³-hybridized carbons (Fsp3) is 0.444. The first-order chi connectivity index (χ1) is 11.2. The Morgan fingerprint density at radius 3 is 3.00 bits per heavy atom. The van der Waals surface area contributed by atoms with Gasteiger partial charge in [-0.2, -0.15) is 0 Å². The van der Waals surface area contributed by atoms with Gasteiger partial charge < -0.3 is 10.2 Å². The maximum Gasteiger partial charge on any atom is 0.227 e. The van der Waals surface area contributed by atoms with Gasteiger partial charge in [-0.15, -0.1) is 11.3 Å². The predicted octanol–water partition coefficient (Wildman–Crippen LogP) is 3.68. The van der Waals surface area contributed by atoms with Crippen molar-refractivity contribution in [2.24, 2.45) is 0 Å². The van der Waals surface area contributed by atoms with Crippen LogP contribution in [0.5, 0.6) is 0 Å². The third-order valence-electron chi connectivity index (χ3n) is 4.25. The molecule has 1 N–H and O–H groups in total. The van der Waals surface area contributed by atoms with Crippen molar-refractivity contribution in [1.29, 1.82) is 0 Å². The number of anilines is 1. The number of benzene rings is 1. The van der Waals surface area contributed by atoms with Crippen LogP contribution >= 0.6 is 11.3 Å². The van der Waals surface area contributed by atoms with Crippen LogP contribution < -0.4 is 10.2 Å². The Kier molecular flexibility index (Phi) is 5.08. The van der Waals surface area contributed by atoms with Gasteiger partial charge >= 0.3 is 0 Å². The molecule has 1 aliphatic rings. The molecule has 4 nitrogen and oxygen atoms in total. The zero-order chi connectivity index (χ0) is 16.2. The minimum absolute atomic E-state index is 0.222. The summed E-state index contributed by atoms with van der Waals surface area (Å²) in [5.41, 5.74) is 3.32.